The van der Waals surface area contributed by atoms with Crippen molar-refractivity contribution in [3.63, 3.8) is 0 Å². The molecule has 7 heteroatoms. The highest BCUT2D eigenvalue weighted by molar-refractivity contribution is 14.1. The van der Waals surface area contributed by atoms with Gasteiger partial charge in [0.1, 0.15) is 0 Å². The number of carboxylic acids is 1. The third-order valence-corrected chi connectivity index (χ3v) is 1.77. The third kappa shape index (κ3) is 2.34. The predicted octanol–water partition coefficient (Wildman–Crippen LogP) is 1.29. The maximum atomic E-state index is 10.5. The number of hydrogen-bond acceptors (Lipinski definition) is 4. The molecule has 0 saturated carbocycles. The number of carbonyl (C=O) groups is 1. The van der Waals surface area contributed by atoms with Crippen LogP contribution >= 0.6 is 22.6 Å². The van der Waals surface area contributed by atoms with E-state index >= 15 is 0 Å². The number of aromatic carboxylic acids is 1. The molecular weight excluding hydrogens is 291 g/mol. The number of aromatic nitrogens is 1. The van der Waals surface area contributed by atoms with E-state index < -0.39 is 16.7 Å². The summed E-state index contributed by atoms with van der Waals surface area (Å²) in [5.41, 5.74) is -0.133. The standard InChI is InChI=1S/C6H3IN2O4/c7-4-1-3(6(10)11)2-5(8-4)9(12)13/h1-2H,(H,10,11). The first-order chi connectivity index (χ1) is 6.00. The van der Waals surface area contributed by atoms with Crippen molar-refractivity contribution in [2.45, 2.75) is 0 Å². The Labute approximate surface area is 85.9 Å². The van der Waals surface area contributed by atoms with Crippen molar-refractivity contribution >= 4 is 34.4 Å². The highest BCUT2D eigenvalue weighted by atomic mass is 127. The molecule has 0 radical (unpaired) electrons. The smallest absolute Gasteiger partial charge is 0.365 e. The van der Waals surface area contributed by atoms with Gasteiger partial charge >= 0.3 is 11.8 Å². The van der Waals surface area contributed by atoms with E-state index in [1.807, 2.05) is 0 Å². The SMILES string of the molecule is O=C(O)c1cc(I)nc([N+](=O)[O-])c1. The zero-order valence-corrected chi connectivity index (χ0v) is 8.26. The molecule has 1 heterocycles. The summed E-state index contributed by atoms with van der Waals surface area (Å²) in [5, 5.41) is 18.8. The number of hydrogen-bond donors (Lipinski definition) is 1. The lowest BCUT2D eigenvalue weighted by molar-refractivity contribution is -0.389. The van der Waals surface area contributed by atoms with Gasteiger partial charge in [-0.15, -0.1) is 0 Å². The maximum absolute atomic E-state index is 10.5. The van der Waals surface area contributed by atoms with Gasteiger partial charge in [0.2, 0.25) is 3.70 Å². The van der Waals surface area contributed by atoms with Gasteiger partial charge in [-0.25, -0.2) is 4.79 Å². The Hall–Kier alpha value is -1.25. The van der Waals surface area contributed by atoms with Crippen LogP contribution in [0.2, 0.25) is 0 Å². The van der Waals surface area contributed by atoms with E-state index in [-0.39, 0.29) is 9.26 Å². The average Bonchev–Trinajstić information content (AvgIpc) is 2.03. The normalized spacial score (nSPS) is 9.62. The Balaban J connectivity index is 3.26. The molecule has 0 aliphatic rings. The Bertz CT molecular complexity index is 347. The van der Waals surface area contributed by atoms with E-state index in [9.17, 15) is 14.9 Å². The van der Waals surface area contributed by atoms with Crippen molar-refractivity contribution < 1.29 is 14.8 Å². The van der Waals surface area contributed by atoms with E-state index in [0.29, 0.717) is 0 Å². The van der Waals surface area contributed by atoms with Gasteiger partial charge in [-0.3, -0.25) is 0 Å². The van der Waals surface area contributed by atoms with Crippen LogP contribution in [0.5, 0.6) is 0 Å². The molecule has 1 rings (SSSR count). The van der Waals surface area contributed by atoms with Gasteiger partial charge in [0, 0.05) is 28.7 Å². The summed E-state index contributed by atoms with van der Waals surface area (Å²) in [7, 11) is 0. The molecule has 13 heavy (non-hydrogen) atoms. The Morgan fingerprint density at radius 1 is 1.62 bits per heavy atom. The van der Waals surface area contributed by atoms with E-state index in [0.717, 1.165) is 6.07 Å². The van der Waals surface area contributed by atoms with Crippen LogP contribution in [0, 0.1) is 13.8 Å². The van der Waals surface area contributed by atoms with Crippen LogP contribution < -0.4 is 0 Å². The van der Waals surface area contributed by atoms with Crippen LogP contribution in [-0.4, -0.2) is 21.0 Å². The number of carboxylic acid groups (broad SMARTS) is 1. The second-order valence-electron chi connectivity index (χ2n) is 2.10. The molecule has 0 unspecified atom stereocenters. The molecule has 0 saturated heterocycles. The molecule has 0 fully saturated rings. The van der Waals surface area contributed by atoms with E-state index in [4.69, 9.17) is 5.11 Å². The molecule has 0 spiro atoms. The minimum absolute atomic E-state index is 0.133. The lowest BCUT2D eigenvalue weighted by Crippen LogP contribution is -2.01. The molecule has 0 aromatic carbocycles. The zero-order valence-electron chi connectivity index (χ0n) is 6.10. The molecular formula is C6H3IN2O4. The van der Waals surface area contributed by atoms with Crippen LogP contribution in [0.15, 0.2) is 12.1 Å². The highest BCUT2D eigenvalue weighted by Gasteiger charge is 2.14. The maximum Gasteiger partial charge on any atom is 0.365 e. The molecule has 0 aliphatic heterocycles. The van der Waals surface area contributed by atoms with Crippen molar-refractivity contribution in [3.05, 3.63) is 31.5 Å². The average molecular weight is 294 g/mol. The van der Waals surface area contributed by atoms with Crippen LogP contribution in [0.4, 0.5) is 5.82 Å². The molecule has 6 nitrogen and oxygen atoms in total. The fraction of sp³-hybridized carbons (Fsp3) is 0. The van der Waals surface area contributed by atoms with Gasteiger partial charge in [-0.05, 0) is 9.91 Å². The number of nitro groups is 1. The van der Waals surface area contributed by atoms with Gasteiger partial charge < -0.3 is 15.2 Å². The summed E-state index contributed by atoms with van der Waals surface area (Å²) < 4.78 is 0.282. The van der Waals surface area contributed by atoms with Crippen molar-refractivity contribution in [2.75, 3.05) is 0 Å². The molecule has 68 valence electrons. The molecule has 0 amide bonds. The van der Waals surface area contributed by atoms with E-state index in [1.165, 1.54) is 6.07 Å². The first kappa shape index (κ1) is 9.84. The summed E-state index contributed by atoms with van der Waals surface area (Å²) in [6.45, 7) is 0. The van der Waals surface area contributed by atoms with Crippen molar-refractivity contribution in [2.24, 2.45) is 0 Å². The van der Waals surface area contributed by atoms with Crippen LogP contribution in [0.3, 0.4) is 0 Å². The fourth-order valence-electron chi connectivity index (χ4n) is 0.700. The minimum Gasteiger partial charge on any atom is -0.478 e. The van der Waals surface area contributed by atoms with Gasteiger partial charge in [-0.1, -0.05) is 0 Å². The summed E-state index contributed by atoms with van der Waals surface area (Å²) in [4.78, 5) is 23.6. The van der Waals surface area contributed by atoms with Crippen LogP contribution in [0.1, 0.15) is 10.4 Å². The number of rotatable bonds is 2. The third-order valence-electron chi connectivity index (χ3n) is 1.21. The van der Waals surface area contributed by atoms with Crippen molar-refractivity contribution in [1.29, 1.82) is 0 Å². The van der Waals surface area contributed by atoms with Crippen molar-refractivity contribution in [1.82, 2.24) is 4.98 Å². The zero-order chi connectivity index (χ0) is 10.0. The largest absolute Gasteiger partial charge is 0.478 e. The first-order valence-corrected chi connectivity index (χ1v) is 4.14. The van der Waals surface area contributed by atoms with E-state index in [1.54, 1.807) is 22.6 Å². The monoisotopic (exact) mass is 294 g/mol. The van der Waals surface area contributed by atoms with Gasteiger partial charge in [-0.2, -0.15) is 0 Å². The molecule has 1 aromatic rings. The van der Waals surface area contributed by atoms with E-state index in [2.05, 4.69) is 4.98 Å². The van der Waals surface area contributed by atoms with Gasteiger partial charge in [0.05, 0.1) is 11.6 Å². The highest BCUT2D eigenvalue weighted by Crippen LogP contribution is 2.13. The number of nitrogens with zero attached hydrogens (tertiary/aromatic N) is 2. The summed E-state index contributed by atoms with van der Waals surface area (Å²) in [6.07, 6.45) is 0. The van der Waals surface area contributed by atoms with Gasteiger partial charge in [0.15, 0.2) is 0 Å². The Kier molecular flexibility index (Phi) is 2.76. The van der Waals surface area contributed by atoms with Crippen molar-refractivity contribution in [3.8, 4) is 0 Å². The lowest BCUT2D eigenvalue weighted by atomic mass is 10.3. The molecule has 1 N–H and O–H groups in total. The minimum atomic E-state index is -1.21. The number of pyridine rings is 1. The summed E-state index contributed by atoms with van der Waals surface area (Å²) in [5.74, 6) is -1.66. The van der Waals surface area contributed by atoms with Crippen LogP contribution in [-0.2, 0) is 0 Å². The molecule has 0 atom stereocenters. The second kappa shape index (κ2) is 3.64. The fourth-order valence-corrected chi connectivity index (χ4v) is 1.28. The lowest BCUT2D eigenvalue weighted by Gasteiger charge is -1.94. The summed E-state index contributed by atoms with van der Waals surface area (Å²) in [6, 6.07) is 2.18. The topological polar surface area (TPSA) is 93.3 Å². The Morgan fingerprint density at radius 2 is 2.23 bits per heavy atom. The molecule has 0 aliphatic carbocycles. The molecule has 0 bridgehead atoms. The number of halogens is 1. The Morgan fingerprint density at radius 3 is 2.69 bits per heavy atom. The second-order valence-corrected chi connectivity index (χ2v) is 3.20. The van der Waals surface area contributed by atoms with Crippen LogP contribution in [0.25, 0.3) is 0 Å². The predicted molar refractivity (Wildman–Crippen MR) is 50.6 cm³/mol. The molecule has 1 aromatic heterocycles. The van der Waals surface area contributed by atoms with Gasteiger partial charge in [0.25, 0.3) is 0 Å². The summed E-state index contributed by atoms with van der Waals surface area (Å²) >= 11 is 1.72. The first-order valence-electron chi connectivity index (χ1n) is 3.06. The quantitative estimate of drug-likeness (QED) is 0.384.